The molecule has 1 rings (SSSR count). The van der Waals surface area contributed by atoms with E-state index in [0.29, 0.717) is 5.41 Å². The molecule has 1 heteroatoms. The molecule has 0 aromatic rings. The van der Waals surface area contributed by atoms with Crippen LogP contribution in [0.5, 0.6) is 0 Å². The first-order chi connectivity index (χ1) is 4.97. The molecule has 0 aromatic heterocycles. The number of rotatable bonds is 4. The Kier molecular flexibility index (Phi) is 2.29. The Bertz CT molecular complexity index is 134. The van der Waals surface area contributed by atoms with Gasteiger partial charge in [0.05, 0.1) is 0 Å². The van der Waals surface area contributed by atoms with Crippen molar-refractivity contribution >= 4 is 0 Å². The Morgan fingerprint density at radius 2 is 1.91 bits per heavy atom. The Morgan fingerprint density at radius 3 is 2.27 bits per heavy atom. The molecule has 0 aromatic carbocycles. The van der Waals surface area contributed by atoms with Gasteiger partial charge in [0.2, 0.25) is 0 Å². The first-order valence-corrected chi connectivity index (χ1v) is 4.76. The molecule has 0 atom stereocenters. The van der Waals surface area contributed by atoms with E-state index in [0.717, 1.165) is 0 Å². The van der Waals surface area contributed by atoms with E-state index in [9.17, 15) is 0 Å². The maximum atomic E-state index is 6.01. The highest BCUT2D eigenvalue weighted by molar-refractivity contribution is 4.99. The van der Waals surface area contributed by atoms with Crippen molar-refractivity contribution in [3.05, 3.63) is 0 Å². The summed E-state index contributed by atoms with van der Waals surface area (Å²) in [7, 11) is 0. The normalized spacial score (nSPS) is 21.8. The van der Waals surface area contributed by atoms with Crippen molar-refractivity contribution in [1.29, 1.82) is 0 Å². The molecule has 0 saturated heterocycles. The molecular formula is C10H21N. The van der Waals surface area contributed by atoms with Crippen LogP contribution in [0.15, 0.2) is 0 Å². The van der Waals surface area contributed by atoms with Crippen molar-refractivity contribution in [2.45, 2.75) is 58.4 Å². The zero-order valence-corrected chi connectivity index (χ0v) is 8.11. The predicted molar refractivity (Wildman–Crippen MR) is 49.5 cm³/mol. The SMILES string of the molecule is CCC(C)(C)CCC1(N)CC1. The molecule has 0 amide bonds. The second-order valence-corrected chi connectivity index (χ2v) is 4.88. The predicted octanol–water partition coefficient (Wildman–Crippen LogP) is 2.69. The minimum absolute atomic E-state index is 0.256. The van der Waals surface area contributed by atoms with Crippen LogP contribution in [0.4, 0.5) is 0 Å². The van der Waals surface area contributed by atoms with Gasteiger partial charge in [0.1, 0.15) is 0 Å². The average Bonchev–Trinajstić information content (AvgIpc) is 2.66. The molecule has 0 bridgehead atoms. The molecule has 2 N–H and O–H groups in total. The summed E-state index contributed by atoms with van der Waals surface area (Å²) in [6, 6.07) is 0. The standard InChI is InChI=1S/C10H21N/c1-4-9(2,3)5-6-10(11)7-8-10/h4-8,11H2,1-3H3. The van der Waals surface area contributed by atoms with Crippen molar-refractivity contribution in [2.75, 3.05) is 0 Å². The summed E-state index contributed by atoms with van der Waals surface area (Å²) in [5.41, 5.74) is 6.77. The van der Waals surface area contributed by atoms with Gasteiger partial charge in [0.25, 0.3) is 0 Å². The fraction of sp³-hybridized carbons (Fsp3) is 1.00. The Labute approximate surface area is 70.4 Å². The van der Waals surface area contributed by atoms with Crippen molar-refractivity contribution < 1.29 is 0 Å². The van der Waals surface area contributed by atoms with Crippen molar-refractivity contribution in [2.24, 2.45) is 11.1 Å². The van der Waals surface area contributed by atoms with Gasteiger partial charge in [-0.05, 0) is 31.1 Å². The van der Waals surface area contributed by atoms with Gasteiger partial charge in [-0.2, -0.15) is 0 Å². The highest BCUT2D eigenvalue weighted by Gasteiger charge is 2.38. The summed E-state index contributed by atoms with van der Waals surface area (Å²) < 4.78 is 0. The second kappa shape index (κ2) is 2.78. The summed E-state index contributed by atoms with van der Waals surface area (Å²) in [5, 5.41) is 0. The minimum Gasteiger partial charge on any atom is -0.325 e. The van der Waals surface area contributed by atoms with Crippen molar-refractivity contribution in [1.82, 2.24) is 0 Å². The average molecular weight is 155 g/mol. The van der Waals surface area contributed by atoms with E-state index < -0.39 is 0 Å². The smallest absolute Gasteiger partial charge is 0.0155 e. The quantitative estimate of drug-likeness (QED) is 0.663. The molecule has 66 valence electrons. The molecule has 1 aliphatic carbocycles. The largest absolute Gasteiger partial charge is 0.325 e. The van der Waals surface area contributed by atoms with E-state index in [1.165, 1.54) is 32.1 Å². The van der Waals surface area contributed by atoms with Gasteiger partial charge in [-0.25, -0.2) is 0 Å². The van der Waals surface area contributed by atoms with E-state index in [1.807, 2.05) is 0 Å². The van der Waals surface area contributed by atoms with E-state index >= 15 is 0 Å². The molecule has 0 radical (unpaired) electrons. The second-order valence-electron chi connectivity index (χ2n) is 4.88. The van der Waals surface area contributed by atoms with Crippen LogP contribution in [0.2, 0.25) is 0 Å². The van der Waals surface area contributed by atoms with Crippen LogP contribution >= 0.6 is 0 Å². The fourth-order valence-electron chi connectivity index (χ4n) is 1.17. The molecule has 0 spiro atoms. The Morgan fingerprint density at radius 1 is 1.36 bits per heavy atom. The van der Waals surface area contributed by atoms with Crippen LogP contribution < -0.4 is 5.73 Å². The first-order valence-electron chi connectivity index (χ1n) is 4.76. The lowest BCUT2D eigenvalue weighted by Crippen LogP contribution is -2.24. The molecule has 1 nitrogen and oxygen atoms in total. The molecule has 1 saturated carbocycles. The van der Waals surface area contributed by atoms with Gasteiger partial charge in [-0.1, -0.05) is 27.2 Å². The molecule has 1 aliphatic rings. The molecule has 0 aliphatic heterocycles. The van der Waals surface area contributed by atoms with Crippen LogP contribution in [0.1, 0.15) is 52.9 Å². The maximum Gasteiger partial charge on any atom is 0.0155 e. The molecule has 11 heavy (non-hydrogen) atoms. The molecule has 0 unspecified atom stereocenters. The number of hydrogen-bond donors (Lipinski definition) is 1. The van der Waals surface area contributed by atoms with E-state index in [4.69, 9.17) is 5.73 Å². The highest BCUT2D eigenvalue weighted by atomic mass is 14.8. The fourth-order valence-corrected chi connectivity index (χ4v) is 1.17. The topological polar surface area (TPSA) is 26.0 Å². The summed E-state index contributed by atoms with van der Waals surface area (Å²) in [6.45, 7) is 6.92. The van der Waals surface area contributed by atoms with Crippen molar-refractivity contribution in [3.8, 4) is 0 Å². The molecular weight excluding hydrogens is 134 g/mol. The monoisotopic (exact) mass is 155 g/mol. The lowest BCUT2D eigenvalue weighted by atomic mass is 9.83. The minimum atomic E-state index is 0.256. The van der Waals surface area contributed by atoms with Gasteiger partial charge < -0.3 is 5.73 Å². The Hall–Kier alpha value is -0.0400. The molecule has 0 heterocycles. The van der Waals surface area contributed by atoms with E-state index in [2.05, 4.69) is 20.8 Å². The van der Waals surface area contributed by atoms with Gasteiger partial charge in [0, 0.05) is 5.54 Å². The van der Waals surface area contributed by atoms with E-state index in [1.54, 1.807) is 0 Å². The zero-order valence-electron chi connectivity index (χ0n) is 8.11. The lowest BCUT2D eigenvalue weighted by molar-refractivity contribution is 0.297. The van der Waals surface area contributed by atoms with Crippen LogP contribution in [0.25, 0.3) is 0 Å². The first kappa shape index (κ1) is 9.05. The third-order valence-electron chi connectivity index (χ3n) is 3.15. The summed E-state index contributed by atoms with van der Waals surface area (Å²) in [5.74, 6) is 0. The van der Waals surface area contributed by atoms with Crippen LogP contribution in [0.3, 0.4) is 0 Å². The van der Waals surface area contributed by atoms with E-state index in [-0.39, 0.29) is 5.54 Å². The summed E-state index contributed by atoms with van der Waals surface area (Å²) >= 11 is 0. The van der Waals surface area contributed by atoms with Crippen LogP contribution in [0, 0.1) is 5.41 Å². The van der Waals surface area contributed by atoms with Crippen LogP contribution in [-0.2, 0) is 0 Å². The third-order valence-corrected chi connectivity index (χ3v) is 3.15. The zero-order chi connectivity index (χ0) is 8.54. The Balaban J connectivity index is 2.20. The van der Waals surface area contributed by atoms with Gasteiger partial charge in [0.15, 0.2) is 0 Å². The van der Waals surface area contributed by atoms with Gasteiger partial charge in [-0.15, -0.1) is 0 Å². The summed E-state index contributed by atoms with van der Waals surface area (Å²) in [6.07, 6.45) is 6.30. The number of hydrogen-bond acceptors (Lipinski definition) is 1. The van der Waals surface area contributed by atoms with Gasteiger partial charge in [-0.3, -0.25) is 0 Å². The van der Waals surface area contributed by atoms with Crippen molar-refractivity contribution in [3.63, 3.8) is 0 Å². The summed E-state index contributed by atoms with van der Waals surface area (Å²) in [4.78, 5) is 0. The van der Waals surface area contributed by atoms with Crippen LogP contribution in [-0.4, -0.2) is 5.54 Å². The van der Waals surface area contributed by atoms with Gasteiger partial charge >= 0.3 is 0 Å². The number of nitrogens with two attached hydrogens (primary N) is 1. The lowest BCUT2D eigenvalue weighted by Gasteiger charge is -2.24. The maximum absolute atomic E-state index is 6.01. The third kappa shape index (κ3) is 2.82. The molecule has 1 fully saturated rings. The highest BCUT2D eigenvalue weighted by Crippen LogP contribution is 2.40.